The van der Waals surface area contributed by atoms with Crippen LogP contribution < -0.4 is 14.9 Å². The average Bonchev–Trinajstić information content (AvgIpc) is 3.05. The molecule has 2 aromatic carbocycles. The molecule has 0 saturated heterocycles. The van der Waals surface area contributed by atoms with Crippen LogP contribution in [0.5, 0.6) is 5.75 Å². The van der Waals surface area contributed by atoms with Gasteiger partial charge < -0.3 is 9.84 Å². The predicted molar refractivity (Wildman–Crippen MR) is 128 cm³/mol. The van der Waals surface area contributed by atoms with Crippen molar-refractivity contribution in [2.24, 2.45) is 4.99 Å². The molecule has 1 aliphatic rings. The smallest absolute Gasteiger partial charge is 0.338 e. The molecule has 1 N–H and O–H groups in total. The summed E-state index contributed by atoms with van der Waals surface area (Å²) >= 11 is 11.0. The van der Waals surface area contributed by atoms with Crippen molar-refractivity contribution in [2.45, 2.75) is 19.9 Å². The molecular weight excluding hydrogens is 516 g/mol. The fourth-order valence-electron chi connectivity index (χ4n) is 3.55. The van der Waals surface area contributed by atoms with Crippen molar-refractivity contribution < 1.29 is 14.6 Å². The van der Waals surface area contributed by atoms with Crippen LogP contribution in [0.1, 0.15) is 31.0 Å². The van der Waals surface area contributed by atoms with E-state index in [2.05, 4.69) is 20.9 Å². The molecule has 0 radical (unpaired) electrons. The number of phenolic OH excluding ortho intramolecular Hbond substituents is 1. The maximum absolute atomic E-state index is 13.5. The molecule has 164 valence electrons. The molecule has 0 saturated carbocycles. The van der Waals surface area contributed by atoms with E-state index in [0.717, 1.165) is 5.56 Å². The number of carbonyl (C=O) groups excluding carboxylic acids is 1. The number of allylic oxidation sites excluding steroid dienone is 1. The molecule has 4 rings (SSSR count). The van der Waals surface area contributed by atoms with Gasteiger partial charge in [0.2, 0.25) is 0 Å². The minimum absolute atomic E-state index is 0.108. The molecule has 1 unspecified atom stereocenters. The van der Waals surface area contributed by atoms with Crippen molar-refractivity contribution in [2.75, 3.05) is 6.61 Å². The minimum atomic E-state index is -0.757. The molecule has 2 heterocycles. The molecule has 1 atom stereocenters. The molecule has 1 aliphatic heterocycles. The van der Waals surface area contributed by atoms with Crippen LogP contribution in [0.25, 0.3) is 6.08 Å². The van der Waals surface area contributed by atoms with Gasteiger partial charge in [-0.2, -0.15) is 0 Å². The summed E-state index contributed by atoms with van der Waals surface area (Å²) in [5.41, 5.74) is 1.82. The Hall–Kier alpha value is -2.68. The molecule has 1 aromatic heterocycles. The van der Waals surface area contributed by atoms with Crippen molar-refractivity contribution >= 4 is 50.9 Å². The van der Waals surface area contributed by atoms with Crippen LogP contribution in [0.4, 0.5) is 0 Å². The summed E-state index contributed by atoms with van der Waals surface area (Å²) in [6.45, 7) is 3.65. The fraction of sp³-hybridized carbons (Fsp3) is 0.174. The standard InChI is InChI=1S/C23H18BrClN2O4S/c1-3-31-22(30)19-12(2)26-23-27(20(19)14-6-4-5-7-16(14)25)21(29)18(32-23)11-13-8-9-17(28)15(24)10-13/h4-11,20,28H,3H2,1-2H3. The lowest BCUT2D eigenvalue weighted by Gasteiger charge is -2.25. The molecule has 0 fully saturated rings. The lowest BCUT2D eigenvalue weighted by Crippen LogP contribution is -2.40. The van der Waals surface area contributed by atoms with Crippen LogP contribution >= 0.6 is 38.9 Å². The first-order valence-electron chi connectivity index (χ1n) is 9.74. The van der Waals surface area contributed by atoms with Gasteiger partial charge in [-0.25, -0.2) is 9.79 Å². The quantitative estimate of drug-likeness (QED) is 0.516. The second-order valence-electron chi connectivity index (χ2n) is 7.03. The Morgan fingerprint density at radius 3 is 2.78 bits per heavy atom. The highest BCUT2D eigenvalue weighted by atomic mass is 79.9. The summed E-state index contributed by atoms with van der Waals surface area (Å²) in [7, 11) is 0. The van der Waals surface area contributed by atoms with E-state index in [9.17, 15) is 14.7 Å². The second-order valence-corrected chi connectivity index (χ2v) is 9.31. The normalized spacial score (nSPS) is 16.0. The highest BCUT2D eigenvalue weighted by Gasteiger charge is 2.34. The minimum Gasteiger partial charge on any atom is -0.507 e. The number of esters is 1. The number of thiazole rings is 1. The van der Waals surface area contributed by atoms with E-state index in [1.165, 1.54) is 15.9 Å². The number of aromatic hydroxyl groups is 1. The first-order chi connectivity index (χ1) is 15.3. The van der Waals surface area contributed by atoms with E-state index in [4.69, 9.17) is 16.3 Å². The van der Waals surface area contributed by atoms with Crippen molar-refractivity contribution in [3.8, 4) is 5.75 Å². The van der Waals surface area contributed by atoms with Crippen molar-refractivity contribution in [1.29, 1.82) is 0 Å². The van der Waals surface area contributed by atoms with Gasteiger partial charge in [0.05, 0.1) is 26.9 Å². The lowest BCUT2D eigenvalue weighted by atomic mass is 9.96. The van der Waals surface area contributed by atoms with Gasteiger partial charge in [-0.3, -0.25) is 9.36 Å². The number of carbonyl (C=O) groups is 1. The van der Waals surface area contributed by atoms with E-state index in [1.807, 2.05) is 6.07 Å². The third-order valence-corrected chi connectivity index (χ3v) is 6.95. The van der Waals surface area contributed by atoms with E-state index < -0.39 is 12.0 Å². The van der Waals surface area contributed by atoms with Crippen LogP contribution in [0.15, 0.2) is 68.0 Å². The molecule has 0 bridgehead atoms. The number of halogens is 2. The number of phenols is 1. The van der Waals surface area contributed by atoms with Crippen molar-refractivity contribution in [3.63, 3.8) is 0 Å². The van der Waals surface area contributed by atoms with Crippen LogP contribution in [-0.4, -0.2) is 22.2 Å². The molecule has 9 heteroatoms. The van der Waals surface area contributed by atoms with E-state index in [1.54, 1.807) is 56.3 Å². The van der Waals surface area contributed by atoms with Gasteiger partial charge in [0.25, 0.3) is 5.56 Å². The first-order valence-corrected chi connectivity index (χ1v) is 11.7. The van der Waals surface area contributed by atoms with Gasteiger partial charge in [0.1, 0.15) is 11.8 Å². The monoisotopic (exact) mass is 532 g/mol. The second kappa shape index (κ2) is 9.05. The number of aromatic nitrogens is 1. The molecule has 0 spiro atoms. The maximum Gasteiger partial charge on any atom is 0.338 e. The molecule has 3 aromatic rings. The van der Waals surface area contributed by atoms with Gasteiger partial charge in [-0.15, -0.1) is 0 Å². The highest BCUT2D eigenvalue weighted by molar-refractivity contribution is 9.10. The zero-order valence-electron chi connectivity index (χ0n) is 17.1. The average molecular weight is 534 g/mol. The topological polar surface area (TPSA) is 80.9 Å². The predicted octanol–water partition coefficient (Wildman–Crippen LogP) is 3.92. The summed E-state index contributed by atoms with van der Waals surface area (Å²) in [6, 6.07) is 11.3. The summed E-state index contributed by atoms with van der Waals surface area (Å²) in [6.07, 6.45) is 1.72. The zero-order valence-corrected chi connectivity index (χ0v) is 20.3. The Morgan fingerprint density at radius 2 is 2.09 bits per heavy atom. The van der Waals surface area contributed by atoms with E-state index in [0.29, 0.717) is 30.1 Å². The number of hydrogen-bond acceptors (Lipinski definition) is 6. The van der Waals surface area contributed by atoms with E-state index >= 15 is 0 Å². The molecule has 0 amide bonds. The summed E-state index contributed by atoms with van der Waals surface area (Å²) in [5, 5.41) is 10.2. The molecule has 6 nitrogen and oxygen atoms in total. The maximum atomic E-state index is 13.5. The molecular formula is C23H18BrClN2O4S. The number of benzene rings is 2. The Morgan fingerprint density at radius 1 is 1.34 bits per heavy atom. The van der Waals surface area contributed by atoms with Gasteiger partial charge in [-0.1, -0.05) is 47.2 Å². The third-order valence-electron chi connectivity index (χ3n) is 4.99. The van der Waals surface area contributed by atoms with Crippen LogP contribution in [-0.2, 0) is 9.53 Å². The Kier molecular flexibility index (Phi) is 6.37. The zero-order chi connectivity index (χ0) is 23.0. The van der Waals surface area contributed by atoms with Gasteiger partial charge >= 0.3 is 5.97 Å². The van der Waals surface area contributed by atoms with Gasteiger partial charge in [-0.05, 0) is 65.2 Å². The number of ether oxygens (including phenoxy) is 1. The van der Waals surface area contributed by atoms with Crippen molar-refractivity contribution in [1.82, 2.24) is 4.57 Å². The lowest BCUT2D eigenvalue weighted by molar-refractivity contribution is -0.139. The Bertz CT molecular complexity index is 1440. The van der Waals surface area contributed by atoms with Crippen LogP contribution in [0.3, 0.4) is 0 Å². The number of fused-ring (bicyclic) bond motifs is 1. The van der Waals surface area contributed by atoms with Crippen LogP contribution in [0.2, 0.25) is 5.02 Å². The Balaban J connectivity index is 1.98. The largest absolute Gasteiger partial charge is 0.507 e. The van der Waals surface area contributed by atoms with Gasteiger partial charge in [0, 0.05) is 5.02 Å². The summed E-state index contributed by atoms with van der Waals surface area (Å²) < 4.78 is 7.73. The molecule has 0 aliphatic carbocycles. The number of hydrogen-bond donors (Lipinski definition) is 1. The number of nitrogens with zero attached hydrogens (tertiary/aromatic N) is 2. The fourth-order valence-corrected chi connectivity index (χ4v) is 5.23. The summed E-state index contributed by atoms with van der Waals surface area (Å²) in [4.78, 5) is 31.4. The molecule has 32 heavy (non-hydrogen) atoms. The first kappa shape index (κ1) is 22.5. The van der Waals surface area contributed by atoms with Gasteiger partial charge in [0.15, 0.2) is 4.80 Å². The van der Waals surface area contributed by atoms with Crippen LogP contribution in [0, 0.1) is 0 Å². The SMILES string of the molecule is CCOC(=O)C1=C(C)N=c2sc(=Cc3ccc(O)c(Br)c3)c(=O)n2C1c1ccccc1Cl. The van der Waals surface area contributed by atoms with E-state index in [-0.39, 0.29) is 23.5 Å². The third kappa shape index (κ3) is 4.05. The highest BCUT2D eigenvalue weighted by Crippen LogP contribution is 2.34. The van der Waals surface area contributed by atoms with Crippen molar-refractivity contribution in [3.05, 3.63) is 94.0 Å². The summed E-state index contributed by atoms with van der Waals surface area (Å²) in [5.74, 6) is -0.424. The number of rotatable bonds is 4. The Labute approximate surface area is 200 Å².